The van der Waals surface area contributed by atoms with E-state index in [0.29, 0.717) is 17.0 Å². The number of furan rings is 1. The van der Waals surface area contributed by atoms with E-state index in [0.717, 1.165) is 9.86 Å². The Morgan fingerprint density at radius 1 is 1.10 bits per heavy atom. The number of hydrogen-bond acceptors (Lipinski definition) is 3. The molecular weight excluding hydrogens is 320 g/mol. The molecule has 4 nitrogen and oxygen atoms in total. The van der Waals surface area contributed by atoms with E-state index in [4.69, 9.17) is 10.2 Å². The second kappa shape index (κ2) is 5.02. The van der Waals surface area contributed by atoms with Crippen LogP contribution in [-0.2, 0) is 0 Å². The van der Waals surface area contributed by atoms with Gasteiger partial charge in [0.1, 0.15) is 5.58 Å². The minimum atomic E-state index is -0.360. The average molecular weight is 331 g/mol. The van der Waals surface area contributed by atoms with Crippen LogP contribution in [0.3, 0.4) is 0 Å². The Labute approximate surface area is 123 Å². The summed E-state index contributed by atoms with van der Waals surface area (Å²) in [6.07, 6.45) is 0. The standard InChI is InChI=1S/C15H11BrN2O2/c16-9-5-7-10(8-6-9)18-15(19)14-13(17)11-3-1-2-4-12(11)20-14/h1-8H,17H2,(H,18,19). The largest absolute Gasteiger partial charge is 0.449 e. The molecule has 5 heteroatoms. The molecule has 0 aliphatic rings. The summed E-state index contributed by atoms with van der Waals surface area (Å²) < 4.78 is 6.45. The molecule has 0 aliphatic heterocycles. The lowest BCUT2D eigenvalue weighted by Crippen LogP contribution is -2.12. The summed E-state index contributed by atoms with van der Waals surface area (Å²) >= 11 is 3.34. The van der Waals surface area contributed by atoms with Crippen molar-refractivity contribution in [1.82, 2.24) is 0 Å². The molecule has 1 aromatic heterocycles. The average Bonchev–Trinajstić information content (AvgIpc) is 2.79. The zero-order chi connectivity index (χ0) is 14.1. The highest BCUT2D eigenvalue weighted by Crippen LogP contribution is 2.28. The second-order valence-electron chi connectivity index (χ2n) is 4.30. The van der Waals surface area contributed by atoms with Crippen LogP contribution in [0.4, 0.5) is 11.4 Å². The third-order valence-corrected chi connectivity index (χ3v) is 3.47. The number of para-hydroxylation sites is 1. The van der Waals surface area contributed by atoms with Gasteiger partial charge in [0.05, 0.1) is 5.69 Å². The van der Waals surface area contributed by atoms with Gasteiger partial charge >= 0.3 is 0 Å². The minimum absolute atomic E-state index is 0.133. The zero-order valence-electron chi connectivity index (χ0n) is 10.4. The first-order valence-corrected chi connectivity index (χ1v) is 6.78. The van der Waals surface area contributed by atoms with E-state index in [1.54, 1.807) is 18.2 Å². The number of rotatable bonds is 2. The van der Waals surface area contributed by atoms with Gasteiger partial charge in [-0.25, -0.2) is 0 Å². The molecule has 0 radical (unpaired) electrons. The zero-order valence-corrected chi connectivity index (χ0v) is 12.0. The summed E-state index contributed by atoms with van der Waals surface area (Å²) in [4.78, 5) is 12.2. The predicted octanol–water partition coefficient (Wildman–Crippen LogP) is 4.03. The molecule has 3 rings (SSSR count). The van der Waals surface area contributed by atoms with Crippen molar-refractivity contribution < 1.29 is 9.21 Å². The molecule has 0 unspecified atom stereocenters. The summed E-state index contributed by atoms with van der Waals surface area (Å²) in [5.41, 5.74) is 7.59. The lowest BCUT2D eigenvalue weighted by molar-refractivity contribution is 0.1000. The number of amides is 1. The topological polar surface area (TPSA) is 68.3 Å². The first-order valence-electron chi connectivity index (χ1n) is 5.99. The molecular formula is C15H11BrN2O2. The van der Waals surface area contributed by atoms with Crippen LogP contribution in [0.25, 0.3) is 11.0 Å². The van der Waals surface area contributed by atoms with Crippen molar-refractivity contribution in [2.45, 2.75) is 0 Å². The summed E-state index contributed by atoms with van der Waals surface area (Å²) in [5, 5.41) is 3.50. The number of carbonyl (C=O) groups is 1. The van der Waals surface area contributed by atoms with Crippen molar-refractivity contribution in [3.8, 4) is 0 Å². The highest BCUT2D eigenvalue weighted by molar-refractivity contribution is 9.10. The molecule has 2 aromatic carbocycles. The second-order valence-corrected chi connectivity index (χ2v) is 5.22. The molecule has 100 valence electrons. The van der Waals surface area contributed by atoms with Crippen LogP contribution in [-0.4, -0.2) is 5.91 Å². The Kier molecular flexibility index (Phi) is 3.20. The molecule has 0 aliphatic carbocycles. The summed E-state index contributed by atoms with van der Waals surface area (Å²) in [5.74, 6) is -0.227. The van der Waals surface area contributed by atoms with Gasteiger partial charge in [-0.2, -0.15) is 0 Å². The molecule has 0 atom stereocenters. The Balaban J connectivity index is 1.92. The maximum atomic E-state index is 12.2. The fourth-order valence-corrected chi connectivity index (χ4v) is 2.22. The van der Waals surface area contributed by atoms with Crippen molar-refractivity contribution in [2.75, 3.05) is 11.1 Å². The van der Waals surface area contributed by atoms with E-state index < -0.39 is 0 Å². The SMILES string of the molecule is Nc1c(C(=O)Nc2ccc(Br)cc2)oc2ccccc12. The first-order chi connectivity index (χ1) is 9.65. The molecule has 3 aromatic rings. The summed E-state index contributed by atoms with van der Waals surface area (Å²) in [7, 11) is 0. The van der Waals surface area contributed by atoms with Crippen molar-refractivity contribution >= 4 is 44.2 Å². The van der Waals surface area contributed by atoms with Gasteiger partial charge in [0.25, 0.3) is 5.91 Å². The fraction of sp³-hybridized carbons (Fsp3) is 0. The Morgan fingerprint density at radius 2 is 1.80 bits per heavy atom. The van der Waals surface area contributed by atoms with Gasteiger partial charge in [-0.1, -0.05) is 28.1 Å². The smallest absolute Gasteiger partial charge is 0.293 e. The van der Waals surface area contributed by atoms with E-state index in [9.17, 15) is 4.79 Å². The molecule has 3 N–H and O–H groups in total. The highest BCUT2D eigenvalue weighted by atomic mass is 79.9. The maximum absolute atomic E-state index is 12.2. The molecule has 0 spiro atoms. The van der Waals surface area contributed by atoms with Crippen LogP contribution < -0.4 is 11.1 Å². The Bertz CT molecular complexity index is 778. The third-order valence-electron chi connectivity index (χ3n) is 2.94. The molecule has 0 bridgehead atoms. The van der Waals surface area contributed by atoms with Crippen LogP contribution in [0.1, 0.15) is 10.6 Å². The predicted molar refractivity (Wildman–Crippen MR) is 82.7 cm³/mol. The number of anilines is 2. The molecule has 1 heterocycles. The number of carbonyl (C=O) groups excluding carboxylic acids is 1. The Hall–Kier alpha value is -2.27. The van der Waals surface area contributed by atoms with Crippen molar-refractivity contribution in [1.29, 1.82) is 0 Å². The summed E-state index contributed by atoms with van der Waals surface area (Å²) in [6, 6.07) is 14.6. The minimum Gasteiger partial charge on any atom is -0.449 e. The molecule has 20 heavy (non-hydrogen) atoms. The van der Waals surface area contributed by atoms with E-state index >= 15 is 0 Å². The Morgan fingerprint density at radius 3 is 2.50 bits per heavy atom. The number of nitrogen functional groups attached to an aromatic ring is 1. The quantitative estimate of drug-likeness (QED) is 0.745. The fourth-order valence-electron chi connectivity index (χ4n) is 1.96. The lowest BCUT2D eigenvalue weighted by atomic mass is 10.2. The monoisotopic (exact) mass is 330 g/mol. The van der Waals surface area contributed by atoms with Crippen LogP contribution in [0.5, 0.6) is 0 Å². The normalized spacial score (nSPS) is 10.7. The number of benzene rings is 2. The number of halogens is 1. The van der Waals surface area contributed by atoms with E-state index in [1.807, 2.05) is 30.3 Å². The van der Waals surface area contributed by atoms with Gasteiger partial charge < -0.3 is 15.5 Å². The van der Waals surface area contributed by atoms with E-state index in [1.165, 1.54) is 0 Å². The van der Waals surface area contributed by atoms with E-state index in [2.05, 4.69) is 21.2 Å². The van der Waals surface area contributed by atoms with Gasteiger partial charge in [-0.3, -0.25) is 4.79 Å². The third kappa shape index (κ3) is 2.28. The number of nitrogens with two attached hydrogens (primary N) is 1. The lowest BCUT2D eigenvalue weighted by Gasteiger charge is -2.03. The highest BCUT2D eigenvalue weighted by Gasteiger charge is 2.18. The van der Waals surface area contributed by atoms with E-state index in [-0.39, 0.29) is 11.7 Å². The van der Waals surface area contributed by atoms with Gasteiger partial charge in [-0.15, -0.1) is 0 Å². The molecule has 1 amide bonds. The van der Waals surface area contributed by atoms with Crippen LogP contribution in [0.2, 0.25) is 0 Å². The number of fused-ring (bicyclic) bond motifs is 1. The molecule has 0 saturated heterocycles. The van der Waals surface area contributed by atoms with Crippen molar-refractivity contribution in [3.05, 3.63) is 58.8 Å². The van der Waals surface area contributed by atoms with Crippen LogP contribution >= 0.6 is 15.9 Å². The number of hydrogen-bond donors (Lipinski definition) is 2. The van der Waals surface area contributed by atoms with Crippen LogP contribution in [0.15, 0.2) is 57.4 Å². The molecule has 0 saturated carbocycles. The van der Waals surface area contributed by atoms with Gasteiger partial charge in [0.15, 0.2) is 0 Å². The van der Waals surface area contributed by atoms with Gasteiger partial charge in [0, 0.05) is 15.5 Å². The van der Waals surface area contributed by atoms with Gasteiger partial charge in [0.2, 0.25) is 5.76 Å². The number of nitrogens with one attached hydrogen (secondary N) is 1. The van der Waals surface area contributed by atoms with Gasteiger partial charge in [-0.05, 0) is 36.4 Å². The maximum Gasteiger partial charge on any atom is 0.293 e. The first kappa shape index (κ1) is 12.7. The summed E-state index contributed by atoms with van der Waals surface area (Å²) in [6.45, 7) is 0. The molecule has 0 fully saturated rings. The van der Waals surface area contributed by atoms with Crippen molar-refractivity contribution in [3.63, 3.8) is 0 Å². The van der Waals surface area contributed by atoms with Crippen molar-refractivity contribution in [2.24, 2.45) is 0 Å². The van der Waals surface area contributed by atoms with Crippen LogP contribution in [0, 0.1) is 0 Å².